The highest BCUT2D eigenvalue weighted by atomic mass is 127. The summed E-state index contributed by atoms with van der Waals surface area (Å²) in [5, 5.41) is 14.4. The van der Waals surface area contributed by atoms with Crippen LogP contribution in [0.25, 0.3) is 0 Å². The Bertz CT molecular complexity index is 424. The van der Waals surface area contributed by atoms with Crippen molar-refractivity contribution in [2.24, 2.45) is 0 Å². The van der Waals surface area contributed by atoms with E-state index in [0.29, 0.717) is 11.7 Å². The van der Waals surface area contributed by atoms with Crippen molar-refractivity contribution in [3.63, 3.8) is 0 Å². The molecule has 0 bridgehead atoms. The van der Waals surface area contributed by atoms with Gasteiger partial charge in [0.15, 0.2) is 0 Å². The number of anilines is 1. The van der Waals surface area contributed by atoms with Gasteiger partial charge < -0.3 is 5.32 Å². The zero-order chi connectivity index (χ0) is 14.3. The fourth-order valence-corrected chi connectivity index (χ4v) is 2.56. The lowest BCUT2D eigenvalue weighted by molar-refractivity contribution is -0.384. The third-order valence-corrected chi connectivity index (χ3v) is 3.73. The summed E-state index contributed by atoms with van der Waals surface area (Å²) in [6.07, 6.45) is 5.49. The third kappa shape index (κ3) is 5.34. The summed E-state index contributed by atoms with van der Waals surface area (Å²) < 4.78 is 0.885. The van der Waals surface area contributed by atoms with Crippen molar-refractivity contribution < 1.29 is 4.92 Å². The van der Waals surface area contributed by atoms with Gasteiger partial charge in [0.25, 0.3) is 5.69 Å². The van der Waals surface area contributed by atoms with Crippen LogP contribution >= 0.6 is 22.6 Å². The minimum absolute atomic E-state index is 0.171. The molecule has 0 aliphatic carbocycles. The largest absolute Gasteiger partial charge is 0.377 e. The second-order valence-corrected chi connectivity index (χ2v) is 5.94. The molecule has 1 aromatic carbocycles. The molecule has 1 aromatic rings. The summed E-state index contributed by atoms with van der Waals surface area (Å²) in [5.41, 5.74) is 0.810. The van der Waals surface area contributed by atoms with Crippen LogP contribution in [0.3, 0.4) is 0 Å². The van der Waals surface area contributed by atoms with E-state index in [4.69, 9.17) is 0 Å². The van der Waals surface area contributed by atoms with Gasteiger partial charge in [-0.1, -0.05) is 33.1 Å². The lowest BCUT2D eigenvalue weighted by atomic mass is 10.0. The van der Waals surface area contributed by atoms with E-state index in [0.717, 1.165) is 35.7 Å². The molecule has 106 valence electrons. The van der Waals surface area contributed by atoms with Crippen LogP contribution in [0, 0.1) is 13.7 Å². The number of nitrogens with one attached hydrogen (secondary N) is 1. The predicted molar refractivity (Wildman–Crippen MR) is 87.7 cm³/mol. The van der Waals surface area contributed by atoms with E-state index in [9.17, 15) is 10.1 Å². The maximum Gasteiger partial charge on any atom is 0.293 e. The number of nitro groups is 1. The Morgan fingerprint density at radius 3 is 2.63 bits per heavy atom. The minimum Gasteiger partial charge on any atom is -0.377 e. The average molecular weight is 376 g/mol. The quantitative estimate of drug-likeness (QED) is 0.396. The summed E-state index contributed by atoms with van der Waals surface area (Å²) in [4.78, 5) is 10.8. The first-order valence-corrected chi connectivity index (χ1v) is 7.86. The fourth-order valence-electron chi connectivity index (χ4n) is 2.09. The summed E-state index contributed by atoms with van der Waals surface area (Å²) in [6, 6.07) is 5.66. The average Bonchev–Trinajstić information content (AvgIpc) is 2.38. The van der Waals surface area contributed by atoms with Gasteiger partial charge in [-0.05, 0) is 47.6 Å². The van der Waals surface area contributed by atoms with Gasteiger partial charge in [-0.2, -0.15) is 0 Å². The highest BCUT2D eigenvalue weighted by Gasteiger charge is 2.17. The molecule has 0 saturated heterocycles. The van der Waals surface area contributed by atoms with Gasteiger partial charge in [-0.15, -0.1) is 0 Å². The third-order valence-electron chi connectivity index (χ3n) is 3.06. The van der Waals surface area contributed by atoms with Crippen LogP contribution in [-0.4, -0.2) is 11.0 Å². The van der Waals surface area contributed by atoms with Crippen molar-refractivity contribution >= 4 is 34.0 Å². The molecule has 0 saturated carbocycles. The number of hydrogen-bond donors (Lipinski definition) is 1. The number of rotatable bonds is 8. The predicted octanol–water partition coefficient (Wildman–Crippen LogP) is 4.97. The normalized spacial score (nSPS) is 12.2. The molecule has 0 radical (unpaired) electrons. The molecule has 0 spiro atoms. The lowest BCUT2D eigenvalue weighted by Gasteiger charge is -2.19. The number of hydrogen-bond acceptors (Lipinski definition) is 3. The van der Waals surface area contributed by atoms with Crippen molar-refractivity contribution in [3.05, 3.63) is 31.9 Å². The van der Waals surface area contributed by atoms with E-state index in [2.05, 4.69) is 41.8 Å². The van der Waals surface area contributed by atoms with Crippen molar-refractivity contribution in [1.29, 1.82) is 0 Å². The first kappa shape index (κ1) is 16.2. The molecule has 19 heavy (non-hydrogen) atoms. The zero-order valence-corrected chi connectivity index (χ0v) is 13.6. The van der Waals surface area contributed by atoms with E-state index >= 15 is 0 Å². The Hall–Kier alpha value is -0.850. The maximum atomic E-state index is 11.1. The standard InChI is InChI=1S/C14H21IN2O2/c1-3-5-7-12(6-4-2)16-13-9-8-11(15)10-14(13)17(18)19/h8-10,12,16H,3-7H2,1-2H3. The smallest absolute Gasteiger partial charge is 0.293 e. The van der Waals surface area contributed by atoms with E-state index in [1.807, 2.05) is 12.1 Å². The molecule has 0 fully saturated rings. The number of unbranched alkanes of at least 4 members (excludes halogenated alkanes) is 1. The molecular weight excluding hydrogens is 355 g/mol. The topological polar surface area (TPSA) is 55.2 Å². The molecule has 0 amide bonds. The van der Waals surface area contributed by atoms with Crippen LogP contribution in [0.1, 0.15) is 46.0 Å². The highest BCUT2D eigenvalue weighted by Crippen LogP contribution is 2.28. The summed E-state index contributed by atoms with van der Waals surface area (Å²) in [7, 11) is 0. The van der Waals surface area contributed by atoms with Crippen molar-refractivity contribution in [3.8, 4) is 0 Å². The molecule has 4 nitrogen and oxygen atoms in total. The second-order valence-electron chi connectivity index (χ2n) is 4.69. The Balaban J connectivity index is 2.85. The molecule has 0 aromatic heterocycles. The summed E-state index contributed by atoms with van der Waals surface area (Å²) in [6.45, 7) is 4.30. The Morgan fingerprint density at radius 2 is 2.05 bits per heavy atom. The molecule has 1 atom stereocenters. The second kappa shape index (κ2) is 8.35. The minimum atomic E-state index is -0.312. The Labute approximate surface area is 128 Å². The number of benzene rings is 1. The molecule has 0 heterocycles. The maximum absolute atomic E-state index is 11.1. The van der Waals surface area contributed by atoms with E-state index in [1.165, 1.54) is 0 Å². The Morgan fingerprint density at radius 1 is 1.32 bits per heavy atom. The zero-order valence-electron chi connectivity index (χ0n) is 11.5. The summed E-state index contributed by atoms with van der Waals surface area (Å²) in [5.74, 6) is 0. The molecule has 5 heteroatoms. The van der Waals surface area contributed by atoms with E-state index in [1.54, 1.807) is 6.07 Å². The van der Waals surface area contributed by atoms with Crippen molar-refractivity contribution in [2.45, 2.75) is 52.0 Å². The molecule has 1 rings (SSSR count). The van der Waals surface area contributed by atoms with Crippen molar-refractivity contribution in [1.82, 2.24) is 0 Å². The van der Waals surface area contributed by atoms with Gasteiger partial charge in [-0.25, -0.2) is 0 Å². The Kier molecular flexibility index (Phi) is 7.12. The van der Waals surface area contributed by atoms with Crippen LogP contribution in [0.5, 0.6) is 0 Å². The van der Waals surface area contributed by atoms with Crippen LogP contribution in [-0.2, 0) is 0 Å². The van der Waals surface area contributed by atoms with Crippen molar-refractivity contribution in [2.75, 3.05) is 5.32 Å². The van der Waals surface area contributed by atoms with Crippen LogP contribution in [0.15, 0.2) is 18.2 Å². The van der Waals surface area contributed by atoms with Crippen LogP contribution in [0.2, 0.25) is 0 Å². The number of nitrogens with zero attached hydrogens (tertiary/aromatic N) is 1. The highest BCUT2D eigenvalue weighted by molar-refractivity contribution is 14.1. The van der Waals surface area contributed by atoms with Crippen LogP contribution in [0.4, 0.5) is 11.4 Å². The van der Waals surface area contributed by atoms with E-state index < -0.39 is 0 Å². The van der Waals surface area contributed by atoms with Gasteiger partial charge in [0.1, 0.15) is 5.69 Å². The first-order chi connectivity index (χ1) is 9.08. The van der Waals surface area contributed by atoms with Gasteiger partial charge >= 0.3 is 0 Å². The molecular formula is C14H21IN2O2. The fraction of sp³-hybridized carbons (Fsp3) is 0.571. The van der Waals surface area contributed by atoms with Gasteiger partial charge in [0, 0.05) is 15.7 Å². The number of nitro benzene ring substituents is 1. The van der Waals surface area contributed by atoms with Gasteiger partial charge in [-0.3, -0.25) is 10.1 Å². The first-order valence-electron chi connectivity index (χ1n) is 6.79. The summed E-state index contributed by atoms with van der Waals surface area (Å²) >= 11 is 2.10. The molecule has 0 aliphatic heterocycles. The molecule has 1 unspecified atom stereocenters. The SMILES string of the molecule is CCCCC(CCC)Nc1ccc(I)cc1[N+](=O)[O-]. The van der Waals surface area contributed by atoms with Crippen LogP contribution < -0.4 is 5.32 Å². The van der Waals surface area contributed by atoms with E-state index in [-0.39, 0.29) is 10.6 Å². The molecule has 1 N–H and O–H groups in total. The lowest BCUT2D eigenvalue weighted by Crippen LogP contribution is -2.19. The molecule has 0 aliphatic rings. The van der Waals surface area contributed by atoms with Gasteiger partial charge in [0.05, 0.1) is 4.92 Å². The number of halogens is 1. The monoisotopic (exact) mass is 376 g/mol. The van der Waals surface area contributed by atoms with Gasteiger partial charge in [0.2, 0.25) is 0 Å².